The van der Waals surface area contributed by atoms with Crippen LogP contribution in [-0.2, 0) is 25.6 Å². The molecule has 34 heavy (non-hydrogen) atoms. The molecule has 182 valence electrons. The molecule has 0 fully saturated rings. The molecule has 10 heteroatoms. The Morgan fingerprint density at radius 3 is 2.29 bits per heavy atom. The van der Waals surface area contributed by atoms with Crippen LogP contribution in [0.1, 0.15) is 31.2 Å². The molecule has 2 aromatic carbocycles. The number of carbonyl (C=O) groups is 4. The van der Waals surface area contributed by atoms with E-state index in [2.05, 4.69) is 10.7 Å². The van der Waals surface area contributed by atoms with Gasteiger partial charge in [0, 0.05) is 31.5 Å². The van der Waals surface area contributed by atoms with Gasteiger partial charge >= 0.3 is 5.97 Å². The van der Waals surface area contributed by atoms with Gasteiger partial charge in [-0.3, -0.25) is 29.6 Å². The summed E-state index contributed by atoms with van der Waals surface area (Å²) in [5, 5.41) is 12.9. The average molecular weight is 471 g/mol. The maximum absolute atomic E-state index is 12.8. The van der Waals surface area contributed by atoms with E-state index in [-0.39, 0.29) is 38.3 Å². The molecule has 0 saturated carbocycles. The van der Waals surface area contributed by atoms with Gasteiger partial charge in [0.2, 0.25) is 11.8 Å². The third kappa shape index (κ3) is 10.5. The lowest BCUT2D eigenvalue weighted by molar-refractivity contribution is -0.140. The van der Waals surface area contributed by atoms with E-state index in [4.69, 9.17) is 15.6 Å². The summed E-state index contributed by atoms with van der Waals surface area (Å²) in [5.41, 5.74) is 9.34. The maximum Gasteiger partial charge on any atom is 0.303 e. The standard InChI is InChI=1S/C24H30N4O6/c25-21(29)12-13-22(30)27-28(15-14-18-5-2-1-3-6-18)23(31)17-26-19-8-10-20(11-9-19)34-16-4-7-24(32)33/h1-3,5-6,8-11,26H,4,7,12-17H2,(H2,25,29)(H,27,30)(H,32,33). The first-order valence-corrected chi connectivity index (χ1v) is 10.9. The van der Waals surface area contributed by atoms with E-state index in [0.717, 1.165) is 5.56 Å². The largest absolute Gasteiger partial charge is 0.494 e. The fraction of sp³-hybridized carbons (Fsp3) is 0.333. The van der Waals surface area contributed by atoms with Crippen LogP contribution in [-0.4, -0.2) is 53.5 Å². The molecule has 0 aliphatic heterocycles. The monoisotopic (exact) mass is 470 g/mol. The van der Waals surface area contributed by atoms with Gasteiger partial charge in [-0.15, -0.1) is 0 Å². The molecule has 0 bridgehead atoms. The smallest absolute Gasteiger partial charge is 0.303 e. The van der Waals surface area contributed by atoms with Crippen LogP contribution in [0.15, 0.2) is 54.6 Å². The number of aliphatic carboxylic acids is 1. The Kier molecular flexibility index (Phi) is 10.9. The van der Waals surface area contributed by atoms with Crippen LogP contribution >= 0.6 is 0 Å². The van der Waals surface area contributed by atoms with Crippen LogP contribution in [0, 0.1) is 0 Å². The van der Waals surface area contributed by atoms with Gasteiger partial charge in [0.15, 0.2) is 0 Å². The molecule has 5 N–H and O–H groups in total. The molecule has 10 nitrogen and oxygen atoms in total. The van der Waals surface area contributed by atoms with Gasteiger partial charge in [0.05, 0.1) is 13.2 Å². The van der Waals surface area contributed by atoms with Gasteiger partial charge in [-0.2, -0.15) is 0 Å². The van der Waals surface area contributed by atoms with E-state index in [1.165, 1.54) is 5.01 Å². The molecule has 0 heterocycles. The minimum absolute atomic E-state index is 0.0432. The Balaban J connectivity index is 1.88. The molecule has 0 aromatic heterocycles. The molecule has 2 rings (SSSR count). The third-order valence-corrected chi connectivity index (χ3v) is 4.73. The van der Waals surface area contributed by atoms with Crippen LogP contribution in [0.25, 0.3) is 0 Å². The summed E-state index contributed by atoms with van der Waals surface area (Å²) >= 11 is 0. The van der Waals surface area contributed by atoms with Crippen molar-refractivity contribution in [2.45, 2.75) is 32.1 Å². The van der Waals surface area contributed by atoms with Crippen molar-refractivity contribution in [3.05, 3.63) is 60.2 Å². The normalized spacial score (nSPS) is 10.2. The first-order chi connectivity index (χ1) is 16.3. The molecule has 0 atom stereocenters. The van der Waals surface area contributed by atoms with Gasteiger partial charge in [0.1, 0.15) is 5.75 Å². The number of ether oxygens (including phenoxy) is 1. The summed E-state index contributed by atoms with van der Waals surface area (Å²) in [5.74, 6) is -1.68. The van der Waals surface area contributed by atoms with Gasteiger partial charge in [-0.25, -0.2) is 0 Å². The third-order valence-electron chi connectivity index (χ3n) is 4.73. The zero-order chi connectivity index (χ0) is 24.8. The predicted octanol–water partition coefficient (Wildman–Crippen LogP) is 1.71. The first-order valence-electron chi connectivity index (χ1n) is 10.9. The lowest BCUT2D eigenvalue weighted by atomic mass is 10.1. The van der Waals surface area contributed by atoms with Gasteiger partial charge in [0.25, 0.3) is 5.91 Å². The van der Waals surface area contributed by atoms with Crippen molar-refractivity contribution in [3.63, 3.8) is 0 Å². The summed E-state index contributed by atoms with van der Waals surface area (Å²) in [7, 11) is 0. The number of hydrazine groups is 1. The van der Waals surface area contributed by atoms with Crippen LogP contribution in [0.3, 0.4) is 0 Å². The molecule has 0 spiro atoms. The summed E-state index contributed by atoms with van der Waals surface area (Å²) in [6.45, 7) is 0.489. The lowest BCUT2D eigenvalue weighted by Gasteiger charge is -2.24. The summed E-state index contributed by atoms with van der Waals surface area (Å²) in [4.78, 5) is 46.4. The second kappa shape index (κ2) is 14.1. The van der Waals surface area contributed by atoms with E-state index in [0.29, 0.717) is 30.9 Å². The number of carbonyl (C=O) groups excluding carboxylic acids is 3. The van der Waals surface area contributed by atoms with Crippen LogP contribution in [0.2, 0.25) is 0 Å². The molecule has 0 unspecified atom stereocenters. The second-order valence-electron chi connectivity index (χ2n) is 7.51. The molecule has 0 radical (unpaired) electrons. The molecular formula is C24H30N4O6. The summed E-state index contributed by atoms with van der Waals surface area (Å²) in [6.07, 6.45) is 0.785. The molecule has 2 aromatic rings. The number of carboxylic acid groups (broad SMARTS) is 1. The fourth-order valence-electron chi connectivity index (χ4n) is 2.93. The Hall–Kier alpha value is -4.08. The highest BCUT2D eigenvalue weighted by Gasteiger charge is 2.17. The zero-order valence-corrected chi connectivity index (χ0v) is 18.9. The van der Waals surface area contributed by atoms with E-state index >= 15 is 0 Å². The average Bonchev–Trinajstić information content (AvgIpc) is 2.82. The number of carboxylic acids is 1. The molecule has 0 aliphatic carbocycles. The highest BCUT2D eigenvalue weighted by molar-refractivity contribution is 5.86. The number of nitrogens with one attached hydrogen (secondary N) is 2. The summed E-state index contributed by atoms with van der Waals surface area (Å²) in [6, 6.07) is 16.5. The Labute approximate surface area is 198 Å². The number of nitrogens with two attached hydrogens (primary N) is 1. The van der Waals surface area contributed by atoms with Crippen molar-refractivity contribution < 1.29 is 29.0 Å². The van der Waals surface area contributed by atoms with E-state index < -0.39 is 17.8 Å². The maximum atomic E-state index is 12.8. The number of primary amides is 1. The second-order valence-corrected chi connectivity index (χ2v) is 7.51. The minimum atomic E-state index is -0.866. The van der Waals surface area contributed by atoms with Gasteiger partial charge < -0.3 is 20.9 Å². The summed E-state index contributed by atoms with van der Waals surface area (Å²) < 4.78 is 5.49. The van der Waals surface area contributed by atoms with Crippen molar-refractivity contribution in [3.8, 4) is 5.75 Å². The van der Waals surface area contributed by atoms with Crippen LogP contribution in [0.4, 0.5) is 5.69 Å². The number of anilines is 1. The number of hydrogen-bond donors (Lipinski definition) is 4. The van der Waals surface area contributed by atoms with E-state index in [9.17, 15) is 19.2 Å². The predicted molar refractivity (Wildman–Crippen MR) is 126 cm³/mol. The van der Waals surface area contributed by atoms with Crippen molar-refractivity contribution in [1.82, 2.24) is 10.4 Å². The lowest BCUT2D eigenvalue weighted by Crippen LogP contribution is -2.49. The topological polar surface area (TPSA) is 151 Å². The van der Waals surface area contributed by atoms with Crippen molar-refractivity contribution in [1.29, 1.82) is 0 Å². The van der Waals surface area contributed by atoms with Crippen LogP contribution in [0.5, 0.6) is 5.75 Å². The Morgan fingerprint density at radius 1 is 0.941 bits per heavy atom. The minimum Gasteiger partial charge on any atom is -0.494 e. The number of hydrogen-bond acceptors (Lipinski definition) is 6. The quantitative estimate of drug-likeness (QED) is 0.242. The van der Waals surface area contributed by atoms with E-state index in [1.807, 2.05) is 30.3 Å². The highest BCUT2D eigenvalue weighted by Crippen LogP contribution is 2.16. The number of rotatable bonds is 14. The first kappa shape index (κ1) is 26.2. The van der Waals surface area contributed by atoms with Gasteiger partial charge in [-0.05, 0) is 42.7 Å². The van der Waals surface area contributed by atoms with Crippen molar-refractivity contribution in [2.75, 3.05) is 25.0 Å². The van der Waals surface area contributed by atoms with Gasteiger partial charge in [-0.1, -0.05) is 30.3 Å². The number of benzene rings is 2. The zero-order valence-electron chi connectivity index (χ0n) is 18.9. The Bertz CT molecular complexity index is 950. The molecule has 0 aliphatic rings. The van der Waals surface area contributed by atoms with Crippen molar-refractivity contribution in [2.24, 2.45) is 5.73 Å². The molecular weight excluding hydrogens is 440 g/mol. The van der Waals surface area contributed by atoms with Crippen molar-refractivity contribution >= 4 is 29.4 Å². The number of nitrogens with zero attached hydrogens (tertiary/aromatic N) is 1. The highest BCUT2D eigenvalue weighted by atomic mass is 16.5. The number of amides is 3. The van der Waals surface area contributed by atoms with Crippen LogP contribution < -0.4 is 21.2 Å². The SMILES string of the molecule is NC(=O)CCC(=O)NN(CCc1ccccc1)C(=O)CNc1ccc(OCCCC(=O)O)cc1. The fourth-order valence-corrected chi connectivity index (χ4v) is 2.93. The van der Waals surface area contributed by atoms with E-state index in [1.54, 1.807) is 24.3 Å². The molecule has 0 saturated heterocycles. The Morgan fingerprint density at radius 2 is 1.65 bits per heavy atom. The molecule has 3 amide bonds.